The molecule has 0 saturated carbocycles. The number of carboxylic acid groups (broad SMARTS) is 1. The number of carbonyl (C=O) groups is 2. The van der Waals surface area contributed by atoms with Crippen molar-refractivity contribution in [2.24, 2.45) is 5.92 Å². The molecule has 1 aliphatic rings. The van der Waals surface area contributed by atoms with Crippen LogP contribution in [0.25, 0.3) is 0 Å². The van der Waals surface area contributed by atoms with Crippen molar-refractivity contribution in [3.05, 3.63) is 0 Å². The second-order valence-corrected chi connectivity index (χ2v) is 4.20. The van der Waals surface area contributed by atoms with Crippen LogP contribution in [0, 0.1) is 5.92 Å². The van der Waals surface area contributed by atoms with E-state index in [-0.39, 0.29) is 11.9 Å². The van der Waals surface area contributed by atoms with Gasteiger partial charge in [-0.15, -0.1) is 0 Å². The molecule has 0 aliphatic carbocycles. The van der Waals surface area contributed by atoms with E-state index in [9.17, 15) is 9.59 Å². The van der Waals surface area contributed by atoms with Crippen LogP contribution >= 0.6 is 0 Å². The first-order valence-electron chi connectivity index (χ1n) is 6.06. The minimum absolute atomic E-state index is 0.158. The van der Waals surface area contributed by atoms with Gasteiger partial charge in [0.1, 0.15) is 0 Å². The lowest BCUT2D eigenvalue weighted by atomic mass is 10.0. The number of hydrogen-bond donors (Lipinski definition) is 2. The van der Waals surface area contributed by atoms with Crippen LogP contribution in [0.3, 0.4) is 0 Å². The lowest BCUT2D eigenvalue weighted by Gasteiger charge is -2.36. The number of nitrogens with one attached hydrogen (secondary N) is 1. The maximum atomic E-state index is 11.6. The molecule has 2 amide bonds. The Kier molecular flexibility index (Phi) is 5.21. The largest absolute Gasteiger partial charge is 0.481 e. The summed E-state index contributed by atoms with van der Waals surface area (Å²) in [5.41, 5.74) is 0. The standard InChI is InChI=1S/C11H21N3O3/c1-3-13(4-2)6-5-12-11(17)14-7-9(8-14)10(15)16/h9H,3-8H2,1-2H3,(H,12,17)(H,15,16). The van der Waals surface area contributed by atoms with Crippen LogP contribution in [0.15, 0.2) is 0 Å². The monoisotopic (exact) mass is 243 g/mol. The Labute approximate surface area is 102 Å². The van der Waals surface area contributed by atoms with Gasteiger partial charge in [-0.3, -0.25) is 4.79 Å². The number of carboxylic acids is 1. The number of likely N-dealkylation sites (N-methyl/N-ethyl adjacent to an activating group) is 1. The highest BCUT2D eigenvalue weighted by atomic mass is 16.4. The third-order valence-corrected chi connectivity index (χ3v) is 3.12. The van der Waals surface area contributed by atoms with Crippen molar-refractivity contribution in [1.29, 1.82) is 0 Å². The quantitative estimate of drug-likeness (QED) is 0.691. The van der Waals surface area contributed by atoms with Crippen LogP contribution in [0.1, 0.15) is 13.8 Å². The zero-order chi connectivity index (χ0) is 12.8. The fourth-order valence-corrected chi connectivity index (χ4v) is 1.77. The molecule has 0 aromatic rings. The molecule has 0 aromatic carbocycles. The Morgan fingerprint density at radius 1 is 1.35 bits per heavy atom. The highest BCUT2D eigenvalue weighted by molar-refractivity contribution is 5.79. The van der Waals surface area contributed by atoms with Crippen LogP contribution in [-0.4, -0.2) is 66.2 Å². The zero-order valence-corrected chi connectivity index (χ0v) is 10.5. The summed E-state index contributed by atoms with van der Waals surface area (Å²) in [4.78, 5) is 25.9. The number of urea groups is 1. The van der Waals surface area contributed by atoms with Gasteiger partial charge in [-0.05, 0) is 13.1 Å². The fraction of sp³-hybridized carbons (Fsp3) is 0.818. The van der Waals surface area contributed by atoms with E-state index >= 15 is 0 Å². The highest BCUT2D eigenvalue weighted by Gasteiger charge is 2.35. The average Bonchev–Trinajstić information content (AvgIpc) is 2.21. The lowest BCUT2D eigenvalue weighted by molar-refractivity contribution is -0.146. The summed E-state index contributed by atoms with van der Waals surface area (Å²) >= 11 is 0. The fourth-order valence-electron chi connectivity index (χ4n) is 1.77. The molecule has 2 N–H and O–H groups in total. The lowest BCUT2D eigenvalue weighted by Crippen LogP contribution is -2.56. The molecule has 1 fully saturated rings. The summed E-state index contributed by atoms with van der Waals surface area (Å²) in [6.45, 7) is 8.19. The number of likely N-dealkylation sites (tertiary alicyclic amines) is 1. The summed E-state index contributed by atoms with van der Waals surface area (Å²) in [7, 11) is 0. The van der Waals surface area contributed by atoms with Gasteiger partial charge in [0, 0.05) is 26.2 Å². The van der Waals surface area contributed by atoms with E-state index < -0.39 is 5.97 Å². The molecule has 0 spiro atoms. The van der Waals surface area contributed by atoms with Crippen LogP contribution in [-0.2, 0) is 4.79 Å². The molecule has 1 saturated heterocycles. The average molecular weight is 243 g/mol. The second-order valence-electron chi connectivity index (χ2n) is 4.20. The Hall–Kier alpha value is -1.30. The highest BCUT2D eigenvalue weighted by Crippen LogP contribution is 2.14. The molecule has 6 nitrogen and oxygen atoms in total. The van der Waals surface area contributed by atoms with Crippen molar-refractivity contribution in [2.75, 3.05) is 39.3 Å². The number of amides is 2. The maximum absolute atomic E-state index is 11.6. The van der Waals surface area contributed by atoms with Gasteiger partial charge in [0.15, 0.2) is 0 Å². The van der Waals surface area contributed by atoms with E-state index in [2.05, 4.69) is 24.1 Å². The Bertz CT molecular complexity index is 273. The molecule has 0 bridgehead atoms. The molecule has 17 heavy (non-hydrogen) atoms. The number of aliphatic carboxylic acids is 1. The minimum Gasteiger partial charge on any atom is -0.481 e. The summed E-state index contributed by atoms with van der Waals surface area (Å²) in [6, 6.07) is -0.158. The summed E-state index contributed by atoms with van der Waals surface area (Å²) < 4.78 is 0. The molecule has 0 radical (unpaired) electrons. The molecule has 0 atom stereocenters. The first kappa shape index (κ1) is 13.8. The summed E-state index contributed by atoms with van der Waals surface area (Å²) in [5.74, 6) is -1.21. The maximum Gasteiger partial charge on any atom is 0.317 e. The van der Waals surface area contributed by atoms with Gasteiger partial charge in [-0.25, -0.2) is 4.79 Å². The third-order valence-electron chi connectivity index (χ3n) is 3.12. The normalized spacial score (nSPS) is 15.8. The van der Waals surface area contributed by atoms with Crippen LogP contribution in [0.5, 0.6) is 0 Å². The van der Waals surface area contributed by atoms with E-state index in [0.717, 1.165) is 19.6 Å². The van der Waals surface area contributed by atoms with E-state index in [1.54, 1.807) is 0 Å². The number of rotatable bonds is 6. The van der Waals surface area contributed by atoms with Gasteiger partial charge >= 0.3 is 12.0 Å². The van der Waals surface area contributed by atoms with Crippen molar-refractivity contribution >= 4 is 12.0 Å². The van der Waals surface area contributed by atoms with E-state index in [0.29, 0.717) is 19.6 Å². The Balaban J connectivity index is 2.13. The smallest absolute Gasteiger partial charge is 0.317 e. The van der Waals surface area contributed by atoms with Gasteiger partial charge < -0.3 is 20.2 Å². The SMILES string of the molecule is CCN(CC)CCNC(=O)N1CC(C(=O)O)C1. The summed E-state index contributed by atoms with van der Waals surface area (Å²) in [5, 5.41) is 11.5. The molecular weight excluding hydrogens is 222 g/mol. The van der Waals surface area contributed by atoms with Crippen molar-refractivity contribution in [3.8, 4) is 0 Å². The molecular formula is C11H21N3O3. The predicted molar refractivity (Wildman–Crippen MR) is 63.9 cm³/mol. The van der Waals surface area contributed by atoms with Crippen molar-refractivity contribution in [2.45, 2.75) is 13.8 Å². The van der Waals surface area contributed by atoms with Crippen molar-refractivity contribution in [1.82, 2.24) is 15.1 Å². The molecule has 0 aromatic heterocycles. The molecule has 1 heterocycles. The number of carbonyl (C=O) groups excluding carboxylic acids is 1. The third kappa shape index (κ3) is 3.89. The molecule has 1 aliphatic heterocycles. The second kappa shape index (κ2) is 6.44. The number of nitrogens with zero attached hydrogens (tertiary/aromatic N) is 2. The van der Waals surface area contributed by atoms with Gasteiger partial charge in [-0.1, -0.05) is 13.8 Å². The minimum atomic E-state index is -0.822. The molecule has 0 unspecified atom stereocenters. The van der Waals surface area contributed by atoms with E-state index in [1.807, 2.05) is 0 Å². The van der Waals surface area contributed by atoms with Crippen LogP contribution in [0.2, 0.25) is 0 Å². The molecule has 98 valence electrons. The van der Waals surface area contributed by atoms with Gasteiger partial charge in [0.05, 0.1) is 5.92 Å². The Morgan fingerprint density at radius 2 is 1.94 bits per heavy atom. The van der Waals surface area contributed by atoms with Crippen LogP contribution in [0.4, 0.5) is 4.79 Å². The first-order valence-corrected chi connectivity index (χ1v) is 6.06. The van der Waals surface area contributed by atoms with Gasteiger partial charge in [0.2, 0.25) is 0 Å². The summed E-state index contributed by atoms with van der Waals surface area (Å²) in [6.07, 6.45) is 0. The van der Waals surface area contributed by atoms with Crippen molar-refractivity contribution in [3.63, 3.8) is 0 Å². The molecule has 6 heteroatoms. The number of hydrogen-bond acceptors (Lipinski definition) is 3. The zero-order valence-electron chi connectivity index (χ0n) is 10.5. The topological polar surface area (TPSA) is 72.9 Å². The first-order chi connectivity index (χ1) is 8.08. The van der Waals surface area contributed by atoms with E-state index in [1.165, 1.54) is 4.90 Å². The van der Waals surface area contributed by atoms with Gasteiger partial charge in [-0.2, -0.15) is 0 Å². The predicted octanol–water partition coefficient (Wildman–Crippen LogP) is 0.0542. The van der Waals surface area contributed by atoms with E-state index in [4.69, 9.17) is 5.11 Å². The Morgan fingerprint density at radius 3 is 2.41 bits per heavy atom. The van der Waals surface area contributed by atoms with Crippen molar-refractivity contribution < 1.29 is 14.7 Å². The van der Waals surface area contributed by atoms with Gasteiger partial charge in [0.25, 0.3) is 0 Å². The molecule has 1 rings (SSSR count). The van der Waals surface area contributed by atoms with Crippen LogP contribution < -0.4 is 5.32 Å².